The van der Waals surface area contributed by atoms with Crippen LogP contribution >= 0.6 is 24.0 Å². The number of nitrogens with zero attached hydrogens (tertiary/aromatic N) is 2. The zero-order valence-corrected chi connectivity index (χ0v) is 18.8. The Balaban J connectivity index is 0.00000576. The summed E-state index contributed by atoms with van der Waals surface area (Å²) in [6, 6.07) is 8.51. The van der Waals surface area contributed by atoms with Crippen LogP contribution in [0, 0.1) is 5.92 Å². The number of hydrogen-bond acceptors (Lipinski definition) is 3. The number of hydrogen-bond donors (Lipinski definition) is 2. The Bertz CT molecular complexity index is 487. The summed E-state index contributed by atoms with van der Waals surface area (Å²) in [7, 11) is 7.70. The van der Waals surface area contributed by atoms with Crippen molar-refractivity contribution in [1.82, 2.24) is 15.5 Å². The van der Waals surface area contributed by atoms with Gasteiger partial charge in [0, 0.05) is 20.1 Å². The van der Waals surface area contributed by atoms with Gasteiger partial charge in [-0.15, -0.1) is 24.0 Å². The second kappa shape index (κ2) is 13.2. The summed E-state index contributed by atoms with van der Waals surface area (Å²) in [6.07, 6.45) is 2.37. The molecule has 25 heavy (non-hydrogen) atoms. The van der Waals surface area contributed by atoms with Crippen molar-refractivity contribution in [2.45, 2.75) is 32.7 Å². The van der Waals surface area contributed by atoms with Crippen LogP contribution in [0.15, 0.2) is 29.3 Å². The highest BCUT2D eigenvalue weighted by atomic mass is 127. The molecule has 144 valence electrons. The van der Waals surface area contributed by atoms with Crippen molar-refractivity contribution >= 4 is 29.9 Å². The average molecular weight is 462 g/mol. The molecule has 0 bridgehead atoms. The van der Waals surface area contributed by atoms with Gasteiger partial charge in [0.05, 0.1) is 13.2 Å². The summed E-state index contributed by atoms with van der Waals surface area (Å²) in [6.45, 7) is 6.22. The molecular weight excluding hydrogens is 427 g/mol. The molecule has 0 aliphatic heterocycles. The van der Waals surface area contributed by atoms with E-state index in [9.17, 15) is 0 Å². The third-order valence-electron chi connectivity index (χ3n) is 4.52. The average Bonchev–Trinajstić information content (AvgIpc) is 2.61. The lowest BCUT2D eigenvalue weighted by atomic mass is 10.0. The molecule has 2 N–H and O–H groups in total. The Morgan fingerprint density at radius 1 is 1.08 bits per heavy atom. The summed E-state index contributed by atoms with van der Waals surface area (Å²) in [5, 5.41) is 6.88. The van der Waals surface area contributed by atoms with Gasteiger partial charge in [0.2, 0.25) is 0 Å². The van der Waals surface area contributed by atoms with Gasteiger partial charge in [0.1, 0.15) is 5.75 Å². The van der Waals surface area contributed by atoms with Gasteiger partial charge in [-0.1, -0.05) is 38.8 Å². The highest BCUT2D eigenvalue weighted by molar-refractivity contribution is 14.0. The van der Waals surface area contributed by atoms with Gasteiger partial charge < -0.3 is 20.3 Å². The van der Waals surface area contributed by atoms with Crippen LogP contribution in [-0.2, 0) is 0 Å². The number of halogens is 1. The monoisotopic (exact) mass is 462 g/mol. The molecule has 1 aromatic rings. The van der Waals surface area contributed by atoms with Crippen LogP contribution in [0.2, 0.25) is 0 Å². The number of nitrogens with one attached hydrogen (secondary N) is 2. The summed E-state index contributed by atoms with van der Waals surface area (Å²) >= 11 is 0. The first-order valence-corrected chi connectivity index (χ1v) is 8.80. The lowest BCUT2D eigenvalue weighted by molar-refractivity contribution is 0.297. The number of aliphatic imine (C=N–C) groups is 1. The van der Waals surface area contributed by atoms with Crippen molar-refractivity contribution in [3.8, 4) is 5.75 Å². The maximum absolute atomic E-state index is 5.24. The van der Waals surface area contributed by atoms with Crippen LogP contribution in [-0.4, -0.2) is 52.2 Å². The van der Waals surface area contributed by atoms with E-state index in [1.807, 2.05) is 19.2 Å². The molecule has 1 aromatic carbocycles. The zero-order chi connectivity index (χ0) is 17.9. The van der Waals surface area contributed by atoms with E-state index in [2.05, 4.69) is 60.6 Å². The second-order valence-electron chi connectivity index (χ2n) is 6.27. The van der Waals surface area contributed by atoms with Gasteiger partial charge in [-0.05, 0) is 37.7 Å². The van der Waals surface area contributed by atoms with E-state index in [0.717, 1.165) is 24.8 Å². The number of rotatable bonds is 9. The van der Waals surface area contributed by atoms with Crippen LogP contribution in [0.5, 0.6) is 5.75 Å². The molecule has 0 aliphatic rings. The predicted octanol–water partition coefficient (Wildman–Crippen LogP) is 3.52. The summed E-state index contributed by atoms with van der Waals surface area (Å²) < 4.78 is 5.24. The van der Waals surface area contributed by atoms with Gasteiger partial charge in [-0.2, -0.15) is 0 Å². The minimum atomic E-state index is 0. The van der Waals surface area contributed by atoms with E-state index in [1.165, 1.54) is 18.4 Å². The maximum atomic E-state index is 5.24. The van der Waals surface area contributed by atoms with Gasteiger partial charge in [-0.25, -0.2) is 0 Å². The minimum absolute atomic E-state index is 0. The third kappa shape index (κ3) is 8.27. The van der Waals surface area contributed by atoms with Crippen LogP contribution in [0.3, 0.4) is 0 Å². The van der Waals surface area contributed by atoms with Gasteiger partial charge in [-0.3, -0.25) is 4.99 Å². The van der Waals surface area contributed by atoms with Crippen molar-refractivity contribution in [2.75, 3.05) is 41.3 Å². The summed E-state index contributed by atoms with van der Waals surface area (Å²) in [5.74, 6) is 2.43. The SMILES string of the molecule is CCC(CC)CNC(=NC)NCC(c1ccc(OC)cc1)N(C)C.I. The Labute approximate surface area is 170 Å². The third-order valence-corrected chi connectivity index (χ3v) is 4.52. The Kier molecular flexibility index (Phi) is 12.7. The van der Waals surface area contributed by atoms with Crippen molar-refractivity contribution in [2.24, 2.45) is 10.9 Å². The topological polar surface area (TPSA) is 48.9 Å². The maximum Gasteiger partial charge on any atom is 0.191 e. The predicted molar refractivity (Wildman–Crippen MR) is 118 cm³/mol. The molecule has 1 unspecified atom stereocenters. The molecule has 0 saturated heterocycles. The van der Waals surface area contributed by atoms with E-state index in [1.54, 1.807) is 7.11 Å². The van der Waals surface area contributed by atoms with Crippen LogP contribution in [0.25, 0.3) is 0 Å². The largest absolute Gasteiger partial charge is 0.497 e. The first-order valence-electron chi connectivity index (χ1n) is 8.80. The highest BCUT2D eigenvalue weighted by Crippen LogP contribution is 2.20. The molecule has 6 heteroatoms. The van der Waals surface area contributed by atoms with Crippen LogP contribution in [0.1, 0.15) is 38.3 Å². The minimum Gasteiger partial charge on any atom is -0.497 e. The lowest BCUT2D eigenvalue weighted by Crippen LogP contribution is -2.43. The van der Waals surface area contributed by atoms with Gasteiger partial charge >= 0.3 is 0 Å². The molecule has 0 fully saturated rings. The van der Waals surface area contributed by atoms with Crippen molar-refractivity contribution in [1.29, 1.82) is 0 Å². The van der Waals surface area contributed by atoms with Crippen LogP contribution in [0.4, 0.5) is 0 Å². The molecule has 0 saturated carbocycles. The Morgan fingerprint density at radius 3 is 2.08 bits per heavy atom. The zero-order valence-electron chi connectivity index (χ0n) is 16.5. The smallest absolute Gasteiger partial charge is 0.191 e. The number of benzene rings is 1. The van der Waals surface area contributed by atoms with Crippen LogP contribution < -0.4 is 15.4 Å². The molecule has 0 aliphatic carbocycles. The quantitative estimate of drug-likeness (QED) is 0.335. The fraction of sp³-hybridized carbons (Fsp3) is 0.632. The summed E-state index contributed by atoms with van der Waals surface area (Å²) in [5.41, 5.74) is 1.25. The molecule has 5 nitrogen and oxygen atoms in total. The molecule has 0 amide bonds. The van der Waals surface area contributed by atoms with Gasteiger partial charge in [0.15, 0.2) is 5.96 Å². The summed E-state index contributed by atoms with van der Waals surface area (Å²) in [4.78, 5) is 6.55. The Morgan fingerprint density at radius 2 is 1.64 bits per heavy atom. The van der Waals surface area contributed by atoms with Crippen molar-refractivity contribution in [3.05, 3.63) is 29.8 Å². The second-order valence-corrected chi connectivity index (χ2v) is 6.27. The molecule has 0 spiro atoms. The molecule has 1 rings (SSSR count). The number of guanidine groups is 1. The lowest BCUT2D eigenvalue weighted by Gasteiger charge is -2.26. The normalized spacial score (nSPS) is 12.7. The fourth-order valence-electron chi connectivity index (χ4n) is 2.66. The van der Waals surface area contributed by atoms with E-state index >= 15 is 0 Å². The first-order chi connectivity index (χ1) is 11.5. The van der Waals surface area contributed by atoms with E-state index in [0.29, 0.717) is 5.92 Å². The van der Waals surface area contributed by atoms with E-state index < -0.39 is 0 Å². The Hall–Kier alpha value is -1.02. The molecule has 1 atom stereocenters. The number of methoxy groups -OCH3 is 1. The highest BCUT2D eigenvalue weighted by Gasteiger charge is 2.15. The molecule has 0 heterocycles. The molecular formula is C19H35IN4O. The van der Waals surface area contributed by atoms with Gasteiger partial charge in [0.25, 0.3) is 0 Å². The number of likely N-dealkylation sites (N-methyl/N-ethyl adjacent to an activating group) is 1. The van der Waals surface area contributed by atoms with E-state index in [-0.39, 0.29) is 30.0 Å². The number of ether oxygens (including phenoxy) is 1. The van der Waals surface area contributed by atoms with Crippen molar-refractivity contribution < 1.29 is 4.74 Å². The van der Waals surface area contributed by atoms with Crippen molar-refractivity contribution in [3.63, 3.8) is 0 Å². The standard InChI is InChI=1S/C19H34N4O.HI/c1-7-15(8-2)13-21-19(20-3)22-14-18(23(4)5)16-9-11-17(24-6)12-10-16;/h9-12,15,18H,7-8,13-14H2,1-6H3,(H2,20,21,22);1H. The molecule has 0 aromatic heterocycles. The fourth-order valence-corrected chi connectivity index (χ4v) is 2.66. The van der Waals surface area contributed by atoms with E-state index in [4.69, 9.17) is 4.74 Å². The molecule has 0 radical (unpaired) electrons. The first kappa shape index (κ1) is 24.0.